The molecule has 0 aromatic rings. The Kier molecular flexibility index (Phi) is 18.3. The summed E-state index contributed by atoms with van der Waals surface area (Å²) in [6.45, 7) is 22.1. The summed E-state index contributed by atoms with van der Waals surface area (Å²) in [6.07, 6.45) is 36.9. The van der Waals surface area contributed by atoms with Gasteiger partial charge in [-0.3, -0.25) is 0 Å². The summed E-state index contributed by atoms with van der Waals surface area (Å²) >= 11 is 0. The Balaban J connectivity index is 2.29. The van der Waals surface area contributed by atoms with Gasteiger partial charge in [0.2, 0.25) is 0 Å². The Hall–Kier alpha value is -2.38. The Morgan fingerprint density at radius 1 is 0.537 bits per heavy atom. The van der Waals surface area contributed by atoms with Crippen molar-refractivity contribution in [3.8, 4) is 0 Å². The van der Waals surface area contributed by atoms with Crippen molar-refractivity contribution in [2.75, 3.05) is 0 Å². The lowest BCUT2D eigenvalue weighted by Crippen LogP contribution is -2.02. The molecule has 1 atom stereocenters. The van der Waals surface area contributed by atoms with E-state index in [1.54, 1.807) is 0 Å². The zero-order valence-electron chi connectivity index (χ0n) is 28.4. The second-order valence-electron chi connectivity index (χ2n) is 13.0. The molecule has 0 aromatic heterocycles. The lowest BCUT2D eigenvalue weighted by Gasteiger charge is -2.01. The summed E-state index contributed by atoms with van der Waals surface area (Å²) in [5.74, 6) is 0. The van der Waals surface area contributed by atoms with Crippen molar-refractivity contribution < 1.29 is 4.74 Å². The summed E-state index contributed by atoms with van der Waals surface area (Å²) in [5, 5.41) is 0. The van der Waals surface area contributed by atoms with E-state index in [4.69, 9.17) is 4.74 Å². The molecule has 1 heterocycles. The van der Waals surface area contributed by atoms with Crippen molar-refractivity contribution in [1.29, 1.82) is 0 Å². The van der Waals surface area contributed by atoms with Crippen LogP contribution in [0.2, 0.25) is 0 Å². The van der Waals surface area contributed by atoms with E-state index in [0.717, 1.165) is 51.4 Å². The predicted molar refractivity (Wildman–Crippen MR) is 185 cm³/mol. The fraction of sp³-hybridized carbons (Fsp3) is 0.550. The van der Waals surface area contributed by atoms with Gasteiger partial charge in [-0.2, -0.15) is 0 Å². The fourth-order valence-corrected chi connectivity index (χ4v) is 4.65. The molecule has 1 heteroatoms. The van der Waals surface area contributed by atoms with E-state index in [0.29, 0.717) is 6.10 Å². The molecule has 0 bridgehead atoms. The summed E-state index contributed by atoms with van der Waals surface area (Å²) in [4.78, 5) is 0. The Morgan fingerprint density at radius 3 is 1.59 bits per heavy atom. The highest BCUT2D eigenvalue weighted by molar-refractivity contribution is 5.28. The molecule has 0 aromatic carbocycles. The first-order chi connectivity index (χ1) is 19.4. The van der Waals surface area contributed by atoms with Gasteiger partial charge in [-0.25, -0.2) is 0 Å². The summed E-state index contributed by atoms with van der Waals surface area (Å²) in [5.41, 5.74) is 10.0. The number of hydrogen-bond donors (Lipinski definition) is 0. The van der Waals surface area contributed by atoms with Crippen molar-refractivity contribution in [3.05, 3.63) is 106 Å². The number of allylic oxidation sites excluding steroid dienone is 18. The van der Waals surface area contributed by atoms with Crippen molar-refractivity contribution in [2.24, 2.45) is 0 Å². The normalized spacial score (nSPS) is 19.0. The first-order valence-corrected chi connectivity index (χ1v) is 16.0. The first kappa shape index (κ1) is 36.6. The molecule has 1 saturated heterocycles. The van der Waals surface area contributed by atoms with Crippen LogP contribution in [0, 0.1) is 0 Å². The summed E-state index contributed by atoms with van der Waals surface area (Å²) in [7, 11) is 0. The fourth-order valence-electron chi connectivity index (χ4n) is 4.65. The van der Waals surface area contributed by atoms with Gasteiger partial charge in [0.1, 0.15) is 0 Å². The van der Waals surface area contributed by atoms with E-state index in [1.807, 2.05) is 0 Å². The van der Waals surface area contributed by atoms with Crippen molar-refractivity contribution in [1.82, 2.24) is 0 Å². The highest BCUT2D eigenvalue weighted by atomic mass is 16.6. The number of ether oxygens (including phenoxy) is 1. The average molecular weight is 559 g/mol. The lowest BCUT2D eigenvalue weighted by molar-refractivity contribution is 0.320. The van der Waals surface area contributed by atoms with Crippen LogP contribution in [0.15, 0.2) is 106 Å². The highest BCUT2D eigenvalue weighted by Gasteiger charge is 2.46. The minimum absolute atomic E-state index is 0.114. The molecule has 0 aliphatic carbocycles. The highest BCUT2D eigenvalue weighted by Crippen LogP contribution is 2.38. The van der Waals surface area contributed by atoms with E-state index < -0.39 is 0 Å². The molecule has 1 nitrogen and oxygen atoms in total. The maximum Gasteiger partial charge on any atom is 0.0892 e. The van der Waals surface area contributed by atoms with Crippen LogP contribution in [0.3, 0.4) is 0 Å². The third kappa shape index (κ3) is 20.2. The van der Waals surface area contributed by atoms with Gasteiger partial charge in [0, 0.05) is 0 Å². The minimum Gasteiger partial charge on any atom is -0.367 e. The molecule has 1 aliphatic rings. The second kappa shape index (κ2) is 20.5. The zero-order valence-corrected chi connectivity index (χ0v) is 28.4. The van der Waals surface area contributed by atoms with E-state index in [2.05, 4.69) is 136 Å². The zero-order chi connectivity index (χ0) is 30.7. The number of epoxide rings is 1. The Morgan fingerprint density at radius 2 is 1.00 bits per heavy atom. The van der Waals surface area contributed by atoms with Gasteiger partial charge < -0.3 is 4.74 Å². The van der Waals surface area contributed by atoms with Crippen molar-refractivity contribution in [2.45, 2.75) is 145 Å². The van der Waals surface area contributed by atoms with E-state index in [9.17, 15) is 0 Å². The van der Waals surface area contributed by atoms with Gasteiger partial charge in [-0.1, -0.05) is 106 Å². The van der Waals surface area contributed by atoms with Crippen LogP contribution in [0.1, 0.15) is 133 Å². The summed E-state index contributed by atoms with van der Waals surface area (Å²) in [6, 6.07) is 0. The number of rotatable bonds is 19. The van der Waals surface area contributed by atoms with Crippen LogP contribution in [0.5, 0.6) is 0 Å². The summed E-state index contributed by atoms with van der Waals surface area (Å²) < 4.78 is 5.69. The second-order valence-corrected chi connectivity index (χ2v) is 13.0. The van der Waals surface area contributed by atoms with Crippen LogP contribution < -0.4 is 0 Å². The standard InChI is InChI=1S/C40H62O/c1-32(2)18-13-21-35(5)24-14-22-33(3)19-11-12-20-34(4)23-15-25-36(6)26-16-27-37(7)28-17-29-38(8)30-31-39-40(9,10)41-39/h15-16,18-20,23-27,29,39H,11-14,17,21-22,28,30-31H2,1-10H3. The van der Waals surface area contributed by atoms with Crippen LogP contribution in [-0.2, 0) is 4.74 Å². The van der Waals surface area contributed by atoms with Crippen LogP contribution in [-0.4, -0.2) is 11.7 Å². The molecule has 1 fully saturated rings. The SMILES string of the molecule is CC(C)=CCCC(C)=CCCC(C)=CCCC=C(C)C=CC=C(C)C=CC=C(C)CCC=C(C)CCC1OC1(C)C. The molecule has 0 amide bonds. The molecule has 0 N–H and O–H groups in total. The van der Waals surface area contributed by atoms with E-state index >= 15 is 0 Å². The van der Waals surface area contributed by atoms with E-state index in [1.165, 1.54) is 51.9 Å². The maximum absolute atomic E-state index is 5.69. The smallest absolute Gasteiger partial charge is 0.0892 e. The van der Waals surface area contributed by atoms with Gasteiger partial charge in [0.25, 0.3) is 0 Å². The molecule has 0 spiro atoms. The Bertz CT molecular complexity index is 1050. The number of hydrogen-bond acceptors (Lipinski definition) is 1. The third-order valence-electron chi connectivity index (χ3n) is 7.70. The predicted octanol–water partition coefficient (Wildman–Crippen LogP) is 12.8. The molecule has 1 aliphatic heterocycles. The Labute approximate surface area is 255 Å². The third-order valence-corrected chi connectivity index (χ3v) is 7.70. The quantitative estimate of drug-likeness (QED) is 0.0664. The molecular formula is C40H62O. The number of unbranched alkanes of at least 4 members (excludes halogenated alkanes) is 1. The molecule has 1 unspecified atom stereocenters. The van der Waals surface area contributed by atoms with Gasteiger partial charge in [-0.05, 0) is 133 Å². The van der Waals surface area contributed by atoms with Crippen LogP contribution in [0.4, 0.5) is 0 Å². The lowest BCUT2D eigenvalue weighted by atomic mass is 10.0. The first-order valence-electron chi connectivity index (χ1n) is 16.0. The van der Waals surface area contributed by atoms with Crippen molar-refractivity contribution >= 4 is 0 Å². The minimum atomic E-state index is 0.114. The van der Waals surface area contributed by atoms with Gasteiger partial charge in [0.05, 0.1) is 11.7 Å². The molecule has 1 rings (SSSR count). The maximum atomic E-state index is 5.69. The molecular weight excluding hydrogens is 496 g/mol. The van der Waals surface area contributed by atoms with E-state index in [-0.39, 0.29) is 5.60 Å². The van der Waals surface area contributed by atoms with Gasteiger partial charge in [0.15, 0.2) is 0 Å². The topological polar surface area (TPSA) is 12.5 Å². The monoisotopic (exact) mass is 558 g/mol. The van der Waals surface area contributed by atoms with Crippen molar-refractivity contribution in [3.63, 3.8) is 0 Å². The van der Waals surface area contributed by atoms with Gasteiger partial charge in [-0.15, -0.1) is 0 Å². The van der Waals surface area contributed by atoms with Crippen LogP contribution in [0.25, 0.3) is 0 Å². The average Bonchev–Trinajstić information content (AvgIpc) is 3.51. The molecule has 0 radical (unpaired) electrons. The van der Waals surface area contributed by atoms with Gasteiger partial charge >= 0.3 is 0 Å². The largest absolute Gasteiger partial charge is 0.367 e. The molecule has 41 heavy (non-hydrogen) atoms. The molecule has 0 saturated carbocycles. The molecule has 228 valence electrons. The van der Waals surface area contributed by atoms with Crippen LogP contribution >= 0.6 is 0 Å².